The predicted octanol–water partition coefficient (Wildman–Crippen LogP) is 1.90. The summed E-state index contributed by atoms with van der Waals surface area (Å²) in [7, 11) is 1.84. The van der Waals surface area contributed by atoms with Crippen LogP contribution in [0.25, 0.3) is 0 Å². The van der Waals surface area contributed by atoms with E-state index in [2.05, 4.69) is 25.8 Å². The van der Waals surface area contributed by atoms with E-state index in [9.17, 15) is 4.79 Å². The maximum absolute atomic E-state index is 12.1. The molecule has 1 aliphatic heterocycles. The molecule has 1 aliphatic rings. The average Bonchev–Trinajstić information content (AvgIpc) is 2.28. The molecule has 2 rings (SSSR count). The second-order valence-corrected chi connectivity index (χ2v) is 5.69. The smallest absolute Gasteiger partial charge is 0.247 e. The number of anilines is 1. The van der Waals surface area contributed by atoms with Crippen LogP contribution in [-0.2, 0) is 4.79 Å². The Morgan fingerprint density at radius 3 is 2.65 bits per heavy atom. The van der Waals surface area contributed by atoms with Gasteiger partial charge in [-0.15, -0.1) is 0 Å². The first-order chi connectivity index (χ1) is 7.93. The largest absolute Gasteiger partial charge is 0.342 e. The Bertz CT molecular complexity index is 430. The zero-order valence-corrected chi connectivity index (χ0v) is 11.9. The summed E-state index contributed by atoms with van der Waals surface area (Å²) in [6.07, 6.45) is 1.76. The van der Waals surface area contributed by atoms with Gasteiger partial charge in [0.15, 0.2) is 0 Å². The maximum Gasteiger partial charge on any atom is 0.247 e. The first-order valence-electron chi connectivity index (χ1n) is 5.57. The van der Waals surface area contributed by atoms with E-state index in [1.165, 1.54) is 0 Å². The van der Waals surface area contributed by atoms with E-state index in [0.29, 0.717) is 0 Å². The number of halogens is 1. The molecule has 17 heavy (non-hydrogen) atoms. The zero-order chi connectivity index (χ0) is 12.6. The molecule has 0 saturated carbocycles. The third-order valence-corrected chi connectivity index (χ3v) is 3.66. The molecule has 92 valence electrons. The highest BCUT2D eigenvalue weighted by molar-refractivity contribution is 9.10. The molecule has 1 saturated heterocycles. The van der Waals surface area contributed by atoms with Gasteiger partial charge in [0.25, 0.3) is 0 Å². The third-order valence-electron chi connectivity index (χ3n) is 3.19. The third kappa shape index (κ3) is 2.16. The number of hydrogen-bond acceptors (Lipinski definition) is 3. The molecule has 5 heteroatoms. The Morgan fingerprint density at radius 2 is 2.06 bits per heavy atom. The Labute approximate surface area is 110 Å². The number of piperazine rings is 1. The summed E-state index contributed by atoms with van der Waals surface area (Å²) in [4.78, 5) is 20.3. The van der Waals surface area contributed by atoms with Crippen molar-refractivity contribution in [3.8, 4) is 0 Å². The van der Waals surface area contributed by atoms with Gasteiger partial charge in [-0.3, -0.25) is 4.79 Å². The fourth-order valence-corrected chi connectivity index (χ4v) is 2.38. The van der Waals surface area contributed by atoms with E-state index >= 15 is 0 Å². The van der Waals surface area contributed by atoms with E-state index in [1.54, 1.807) is 11.1 Å². The van der Waals surface area contributed by atoms with E-state index in [-0.39, 0.29) is 5.91 Å². The Kier molecular flexibility index (Phi) is 3.12. The molecule has 1 aromatic rings. The molecule has 0 spiro atoms. The van der Waals surface area contributed by atoms with Crippen molar-refractivity contribution in [2.24, 2.45) is 0 Å². The van der Waals surface area contributed by atoms with Crippen molar-refractivity contribution in [2.45, 2.75) is 19.4 Å². The summed E-state index contributed by atoms with van der Waals surface area (Å²) in [5.41, 5.74) is -0.534. The average molecular weight is 298 g/mol. The maximum atomic E-state index is 12.1. The van der Waals surface area contributed by atoms with Crippen LogP contribution >= 0.6 is 15.9 Å². The van der Waals surface area contributed by atoms with Crippen LogP contribution in [0, 0.1) is 0 Å². The molecule has 2 heterocycles. The molecule has 0 N–H and O–H groups in total. The molecule has 1 amide bonds. The molecule has 1 aromatic heterocycles. The number of rotatable bonds is 1. The molecule has 1 fully saturated rings. The lowest BCUT2D eigenvalue weighted by atomic mass is 9.98. The van der Waals surface area contributed by atoms with Gasteiger partial charge in [-0.2, -0.15) is 0 Å². The number of likely N-dealkylation sites (N-methyl/N-ethyl adjacent to an activating group) is 1. The lowest BCUT2D eigenvalue weighted by molar-refractivity contribution is -0.136. The minimum Gasteiger partial charge on any atom is -0.342 e. The second-order valence-electron chi connectivity index (χ2n) is 4.77. The normalized spacial score (nSPS) is 19.6. The SMILES string of the molecule is CN1CCN(c2ccc(Br)cn2)C(C)(C)C1=O. The van der Waals surface area contributed by atoms with Crippen LogP contribution in [0.2, 0.25) is 0 Å². The molecular formula is C12H16BrN3O. The number of aromatic nitrogens is 1. The number of pyridine rings is 1. The topological polar surface area (TPSA) is 36.4 Å². The predicted molar refractivity (Wildman–Crippen MR) is 71.0 cm³/mol. The standard InChI is InChI=1S/C12H16BrN3O/c1-12(2)11(17)15(3)6-7-16(12)10-5-4-9(13)8-14-10/h4-5,8H,6-7H2,1-3H3. The minimum absolute atomic E-state index is 0.133. The van der Waals surface area contributed by atoms with Crippen molar-refractivity contribution in [1.29, 1.82) is 0 Å². The summed E-state index contributed by atoms with van der Waals surface area (Å²) in [6, 6.07) is 3.88. The van der Waals surface area contributed by atoms with Gasteiger partial charge in [0.1, 0.15) is 11.4 Å². The van der Waals surface area contributed by atoms with Gasteiger partial charge < -0.3 is 9.80 Å². The quantitative estimate of drug-likeness (QED) is 0.794. The minimum atomic E-state index is -0.534. The van der Waals surface area contributed by atoms with Gasteiger partial charge in [0.2, 0.25) is 5.91 Å². The number of carbonyl (C=O) groups is 1. The van der Waals surface area contributed by atoms with E-state index < -0.39 is 5.54 Å². The van der Waals surface area contributed by atoms with Crippen molar-refractivity contribution in [3.05, 3.63) is 22.8 Å². The molecule has 0 unspecified atom stereocenters. The number of hydrogen-bond donors (Lipinski definition) is 0. The van der Waals surface area contributed by atoms with Crippen LogP contribution in [0.5, 0.6) is 0 Å². The van der Waals surface area contributed by atoms with Crippen LogP contribution in [0.15, 0.2) is 22.8 Å². The summed E-state index contributed by atoms with van der Waals surface area (Å²) >= 11 is 3.36. The van der Waals surface area contributed by atoms with E-state index in [1.807, 2.05) is 33.0 Å². The van der Waals surface area contributed by atoms with Crippen molar-refractivity contribution in [3.63, 3.8) is 0 Å². The van der Waals surface area contributed by atoms with Crippen LogP contribution in [0.4, 0.5) is 5.82 Å². The van der Waals surface area contributed by atoms with Crippen LogP contribution in [0.3, 0.4) is 0 Å². The van der Waals surface area contributed by atoms with Crippen LogP contribution < -0.4 is 4.90 Å². The highest BCUT2D eigenvalue weighted by atomic mass is 79.9. The molecular weight excluding hydrogens is 282 g/mol. The molecule has 0 bridgehead atoms. The molecule has 0 aromatic carbocycles. The molecule has 0 radical (unpaired) electrons. The van der Waals surface area contributed by atoms with Crippen molar-refractivity contribution in [1.82, 2.24) is 9.88 Å². The van der Waals surface area contributed by atoms with Gasteiger partial charge in [-0.25, -0.2) is 4.98 Å². The summed E-state index contributed by atoms with van der Waals surface area (Å²) in [5.74, 6) is 0.980. The Balaban J connectivity index is 2.32. The molecule has 0 aliphatic carbocycles. The monoisotopic (exact) mass is 297 g/mol. The lowest BCUT2D eigenvalue weighted by Gasteiger charge is -2.45. The van der Waals surface area contributed by atoms with Gasteiger partial charge in [-0.05, 0) is 41.9 Å². The number of carbonyl (C=O) groups excluding carboxylic acids is 1. The summed E-state index contributed by atoms with van der Waals surface area (Å²) in [5, 5.41) is 0. The Morgan fingerprint density at radius 1 is 1.35 bits per heavy atom. The molecule has 0 atom stereocenters. The highest BCUT2D eigenvalue weighted by Gasteiger charge is 2.40. The van der Waals surface area contributed by atoms with Crippen LogP contribution in [-0.4, -0.2) is 41.5 Å². The summed E-state index contributed by atoms with van der Waals surface area (Å²) in [6.45, 7) is 5.42. The fourth-order valence-electron chi connectivity index (χ4n) is 2.14. The Hall–Kier alpha value is -1.10. The van der Waals surface area contributed by atoms with Gasteiger partial charge >= 0.3 is 0 Å². The van der Waals surface area contributed by atoms with Crippen molar-refractivity contribution < 1.29 is 4.79 Å². The van der Waals surface area contributed by atoms with Crippen molar-refractivity contribution >= 4 is 27.7 Å². The van der Waals surface area contributed by atoms with Gasteiger partial charge in [0.05, 0.1) is 0 Å². The first-order valence-corrected chi connectivity index (χ1v) is 6.37. The summed E-state index contributed by atoms with van der Waals surface area (Å²) < 4.78 is 0.944. The number of amides is 1. The molecule has 4 nitrogen and oxygen atoms in total. The van der Waals surface area contributed by atoms with Gasteiger partial charge in [-0.1, -0.05) is 0 Å². The van der Waals surface area contributed by atoms with E-state index in [4.69, 9.17) is 0 Å². The van der Waals surface area contributed by atoms with Gasteiger partial charge in [0, 0.05) is 30.8 Å². The highest BCUT2D eigenvalue weighted by Crippen LogP contribution is 2.27. The van der Waals surface area contributed by atoms with Crippen LogP contribution in [0.1, 0.15) is 13.8 Å². The lowest BCUT2D eigenvalue weighted by Crippen LogP contribution is -2.62. The van der Waals surface area contributed by atoms with E-state index in [0.717, 1.165) is 23.4 Å². The zero-order valence-electron chi connectivity index (χ0n) is 10.3. The first kappa shape index (κ1) is 12.4. The fraction of sp³-hybridized carbons (Fsp3) is 0.500. The van der Waals surface area contributed by atoms with Crippen molar-refractivity contribution in [2.75, 3.05) is 25.0 Å². The second kappa shape index (κ2) is 4.29. The number of nitrogens with zero attached hydrogens (tertiary/aromatic N) is 3.